The normalized spacial score (nSPS) is 13.2. The Morgan fingerprint density at radius 1 is 0.931 bits per heavy atom. The third-order valence-corrected chi connectivity index (χ3v) is 3.42. The van der Waals surface area contributed by atoms with Crippen molar-refractivity contribution in [3.8, 4) is 5.75 Å². The van der Waals surface area contributed by atoms with Crippen molar-refractivity contribution >= 4 is 17.7 Å². The lowest BCUT2D eigenvalue weighted by molar-refractivity contribution is -0.258. The molecule has 0 aliphatic rings. The predicted molar refractivity (Wildman–Crippen MR) is 86.3 cm³/mol. The molecule has 1 unspecified atom stereocenters. The fourth-order valence-electron chi connectivity index (χ4n) is 2.08. The highest BCUT2D eigenvalue weighted by atomic mass is 19.4. The van der Waals surface area contributed by atoms with E-state index in [4.69, 9.17) is 0 Å². The van der Waals surface area contributed by atoms with Gasteiger partial charge in [-0.05, 0) is 36.4 Å². The molecule has 2 rings (SSSR count). The van der Waals surface area contributed by atoms with Crippen molar-refractivity contribution in [2.45, 2.75) is 11.9 Å². The number of urea groups is 1. The highest BCUT2D eigenvalue weighted by molar-refractivity contribution is 5.94. The van der Waals surface area contributed by atoms with Gasteiger partial charge in [0.2, 0.25) is 0 Å². The number of hydrogen-bond donors (Lipinski definition) is 2. The van der Waals surface area contributed by atoms with Gasteiger partial charge < -0.3 is 14.8 Å². The molecule has 12 heteroatoms. The van der Waals surface area contributed by atoms with Crippen LogP contribution in [0.2, 0.25) is 0 Å². The summed E-state index contributed by atoms with van der Waals surface area (Å²) in [5.74, 6) is -6.09. The Balaban J connectivity index is 2.37. The van der Waals surface area contributed by atoms with E-state index in [1.807, 2.05) is 0 Å². The summed E-state index contributed by atoms with van der Waals surface area (Å²) >= 11 is 0. The van der Waals surface area contributed by atoms with E-state index in [0.29, 0.717) is 19.2 Å². The van der Waals surface area contributed by atoms with E-state index < -0.39 is 52.8 Å². The Kier molecular flexibility index (Phi) is 6.25. The summed E-state index contributed by atoms with van der Waals surface area (Å²) in [6, 6.07) is 3.43. The molecule has 0 aromatic heterocycles. The summed E-state index contributed by atoms with van der Waals surface area (Å²) in [7, 11) is 0.617. The molecule has 0 aliphatic heterocycles. The minimum Gasteiger partial charge on any atom is -0.464 e. The van der Waals surface area contributed by atoms with Crippen LogP contribution in [0.4, 0.5) is 36.8 Å². The molecule has 156 valence electrons. The Morgan fingerprint density at radius 2 is 1.55 bits per heavy atom. The van der Waals surface area contributed by atoms with Crippen LogP contribution in [0.1, 0.15) is 0 Å². The van der Waals surface area contributed by atoms with Gasteiger partial charge in [-0.1, -0.05) is 0 Å². The molecule has 0 aliphatic carbocycles. The van der Waals surface area contributed by atoms with E-state index in [2.05, 4.69) is 9.47 Å². The molecule has 6 nitrogen and oxygen atoms in total. The van der Waals surface area contributed by atoms with Crippen LogP contribution in [0, 0.1) is 17.5 Å². The summed E-state index contributed by atoms with van der Waals surface area (Å²) in [6.07, 6.45) is -5.54. The van der Waals surface area contributed by atoms with Gasteiger partial charge in [-0.2, -0.15) is 13.2 Å². The van der Waals surface area contributed by atoms with Gasteiger partial charge in [0, 0.05) is 11.8 Å². The zero-order chi connectivity index (χ0) is 21.8. The molecular weight excluding hydrogens is 410 g/mol. The van der Waals surface area contributed by atoms with Crippen LogP contribution in [0.3, 0.4) is 0 Å². The molecule has 0 heterocycles. The number of halogens is 6. The summed E-state index contributed by atoms with van der Waals surface area (Å²) in [4.78, 5) is 24.0. The van der Waals surface area contributed by atoms with Crippen LogP contribution in [-0.4, -0.2) is 31.0 Å². The molecule has 0 spiro atoms. The zero-order valence-corrected chi connectivity index (χ0v) is 14.4. The molecule has 0 bridgehead atoms. The Hall–Kier alpha value is -3.44. The SMILES string of the molecule is COC(=O)C(NC(=O)Nc1ccc(F)c(F)c1)(Oc1ccc(F)cc1)C(F)(F)F. The van der Waals surface area contributed by atoms with Crippen molar-refractivity contribution in [2.24, 2.45) is 0 Å². The Labute approximate surface area is 159 Å². The van der Waals surface area contributed by atoms with Gasteiger partial charge >= 0.3 is 23.9 Å². The number of amides is 2. The predicted octanol–water partition coefficient (Wildman–Crippen LogP) is 3.74. The third-order valence-electron chi connectivity index (χ3n) is 3.42. The fraction of sp³-hybridized carbons (Fsp3) is 0.176. The Bertz CT molecular complexity index is 904. The average molecular weight is 422 g/mol. The minimum absolute atomic E-state index is 0.413. The third kappa shape index (κ3) is 4.89. The number of esters is 1. The summed E-state index contributed by atoms with van der Waals surface area (Å²) in [6.45, 7) is 0. The number of rotatable bonds is 5. The fourth-order valence-corrected chi connectivity index (χ4v) is 2.08. The lowest BCUT2D eigenvalue weighted by Crippen LogP contribution is -2.68. The molecule has 2 N–H and O–H groups in total. The van der Waals surface area contributed by atoms with Crippen LogP contribution in [0.25, 0.3) is 0 Å². The molecule has 2 amide bonds. The van der Waals surface area contributed by atoms with Crippen LogP contribution in [0.15, 0.2) is 42.5 Å². The minimum atomic E-state index is -5.54. The Morgan fingerprint density at radius 3 is 2.07 bits per heavy atom. The number of nitrogens with one attached hydrogen (secondary N) is 2. The first kappa shape index (κ1) is 21.9. The van der Waals surface area contributed by atoms with Crippen molar-refractivity contribution in [1.29, 1.82) is 0 Å². The standard InChI is InChI=1S/C17H12F6N2O4/c1-28-14(26)16(17(21,22)23,29-11-5-2-9(18)3-6-11)25-15(27)24-10-4-7-12(19)13(20)8-10/h2-8H,1H3,(H2,24,25,27). The number of methoxy groups -OCH3 is 1. The van der Waals surface area contributed by atoms with Gasteiger partial charge in [0.25, 0.3) is 0 Å². The van der Waals surface area contributed by atoms with Crippen molar-refractivity contribution in [3.63, 3.8) is 0 Å². The molecule has 2 aromatic carbocycles. The molecule has 0 saturated heterocycles. The van der Waals surface area contributed by atoms with E-state index in [0.717, 1.165) is 30.3 Å². The second-order valence-electron chi connectivity index (χ2n) is 5.43. The number of alkyl halides is 3. The van der Waals surface area contributed by atoms with E-state index in [1.165, 1.54) is 5.32 Å². The van der Waals surface area contributed by atoms with Crippen LogP contribution in [0.5, 0.6) is 5.75 Å². The van der Waals surface area contributed by atoms with Crippen LogP contribution < -0.4 is 15.4 Å². The van der Waals surface area contributed by atoms with Gasteiger partial charge in [-0.15, -0.1) is 0 Å². The first-order valence-electron chi connectivity index (χ1n) is 7.62. The number of carbonyl (C=O) groups is 2. The molecule has 0 radical (unpaired) electrons. The lowest BCUT2D eigenvalue weighted by atomic mass is 10.2. The number of ether oxygens (including phenoxy) is 2. The van der Waals surface area contributed by atoms with Crippen LogP contribution >= 0.6 is 0 Å². The van der Waals surface area contributed by atoms with Gasteiger partial charge in [0.05, 0.1) is 7.11 Å². The average Bonchev–Trinajstić information content (AvgIpc) is 2.64. The highest BCUT2D eigenvalue weighted by Crippen LogP contribution is 2.34. The van der Waals surface area contributed by atoms with Gasteiger partial charge in [-0.25, -0.2) is 22.8 Å². The monoisotopic (exact) mass is 422 g/mol. The maximum absolute atomic E-state index is 13.7. The van der Waals surface area contributed by atoms with Crippen molar-refractivity contribution in [1.82, 2.24) is 5.32 Å². The lowest BCUT2D eigenvalue weighted by Gasteiger charge is -2.33. The highest BCUT2D eigenvalue weighted by Gasteiger charge is 2.66. The van der Waals surface area contributed by atoms with E-state index in [-0.39, 0.29) is 0 Å². The number of anilines is 1. The van der Waals surface area contributed by atoms with Gasteiger partial charge in [0.1, 0.15) is 11.6 Å². The molecule has 1 atom stereocenters. The summed E-state index contributed by atoms with van der Waals surface area (Å²) in [5.41, 5.74) is -4.44. The molecule has 2 aromatic rings. The second kappa shape index (κ2) is 8.29. The molecule has 0 fully saturated rings. The molecule has 0 saturated carbocycles. The van der Waals surface area contributed by atoms with Gasteiger partial charge in [0.15, 0.2) is 11.6 Å². The topological polar surface area (TPSA) is 76.7 Å². The molecular formula is C17H12F6N2O4. The maximum Gasteiger partial charge on any atom is 0.460 e. The molecule has 29 heavy (non-hydrogen) atoms. The summed E-state index contributed by atoms with van der Waals surface area (Å²) in [5, 5.41) is 3.09. The quantitative estimate of drug-likeness (QED) is 0.437. The van der Waals surface area contributed by atoms with Crippen molar-refractivity contribution < 1.29 is 45.4 Å². The maximum atomic E-state index is 13.7. The smallest absolute Gasteiger partial charge is 0.460 e. The van der Waals surface area contributed by atoms with E-state index in [1.54, 1.807) is 5.32 Å². The number of benzene rings is 2. The van der Waals surface area contributed by atoms with Crippen LogP contribution in [-0.2, 0) is 9.53 Å². The zero-order valence-electron chi connectivity index (χ0n) is 14.4. The van der Waals surface area contributed by atoms with Crippen molar-refractivity contribution in [3.05, 3.63) is 59.9 Å². The largest absolute Gasteiger partial charge is 0.464 e. The first-order chi connectivity index (χ1) is 13.5. The van der Waals surface area contributed by atoms with E-state index >= 15 is 0 Å². The number of hydrogen-bond acceptors (Lipinski definition) is 4. The van der Waals surface area contributed by atoms with Crippen molar-refractivity contribution in [2.75, 3.05) is 12.4 Å². The number of carbonyl (C=O) groups excluding carboxylic acids is 2. The van der Waals surface area contributed by atoms with Gasteiger partial charge in [-0.3, -0.25) is 5.32 Å². The second-order valence-corrected chi connectivity index (χ2v) is 5.43. The summed E-state index contributed by atoms with van der Waals surface area (Å²) < 4.78 is 89.1. The van der Waals surface area contributed by atoms with E-state index in [9.17, 15) is 35.9 Å². The first-order valence-corrected chi connectivity index (χ1v) is 7.62.